The van der Waals surface area contributed by atoms with Gasteiger partial charge in [0.1, 0.15) is 24.7 Å². The van der Waals surface area contributed by atoms with Crippen molar-refractivity contribution >= 4 is 46.3 Å². The van der Waals surface area contributed by atoms with E-state index in [4.69, 9.17) is 9.47 Å². The second kappa shape index (κ2) is 41.1. The smallest absolute Gasteiger partial charge is 0.128 e. The number of aryl methyl sites for hydroxylation is 2. The number of hydrogen-bond donors (Lipinski definition) is 0. The molecule has 0 N–H and O–H groups in total. The summed E-state index contributed by atoms with van der Waals surface area (Å²) in [7, 11) is 0. The van der Waals surface area contributed by atoms with E-state index in [1.54, 1.807) is 11.1 Å². The van der Waals surface area contributed by atoms with E-state index >= 15 is 0 Å². The van der Waals surface area contributed by atoms with Crippen LogP contribution < -0.4 is 19.3 Å². The SMILES string of the molecule is C=Cc1ccc(COc2cc(-c3ccc4c(c3)C(CCCCCCCC)(CCCCCCCC)c3cc(-c5ccc(N(c6ccccc6)c6ccc(N(c7ccccc7)c7ccc(-c8ccc9c(c8)C(CCCCCCCC)(CCCCCCCC)c8cc(C)ccc8-9)cc7)cc6)cc5)ccc3-4)c(OCc3ccc(C=C)cc3)cc2C)cc1. The molecule has 0 atom stereocenters. The molecule has 12 aromatic rings. The molecule has 0 saturated carbocycles. The molecule has 0 heterocycles. The Morgan fingerprint density at radius 1 is 0.271 bits per heavy atom. The highest BCUT2D eigenvalue weighted by Crippen LogP contribution is 2.58. The molecule has 0 amide bonds. The molecule has 0 fully saturated rings. The van der Waals surface area contributed by atoms with E-state index in [2.05, 4.69) is 331 Å². The second-order valence-corrected chi connectivity index (χ2v) is 34.1. The lowest BCUT2D eigenvalue weighted by atomic mass is 9.70. The summed E-state index contributed by atoms with van der Waals surface area (Å²) < 4.78 is 13.8. The molecule has 14 rings (SSSR count). The molecule has 0 unspecified atom stereocenters. The van der Waals surface area contributed by atoms with Crippen molar-refractivity contribution in [2.45, 2.75) is 245 Å². The number of hydrogen-bond acceptors (Lipinski definition) is 4. The van der Waals surface area contributed by atoms with Gasteiger partial charge in [-0.15, -0.1) is 0 Å². The fourth-order valence-corrected chi connectivity index (χ4v) is 19.2. The number of anilines is 6. The number of para-hydroxylation sites is 2. The van der Waals surface area contributed by atoms with Crippen LogP contribution in [0.5, 0.6) is 11.5 Å². The third-order valence-corrected chi connectivity index (χ3v) is 25.8. The van der Waals surface area contributed by atoms with Crippen LogP contribution in [0, 0.1) is 13.8 Å². The van der Waals surface area contributed by atoms with Gasteiger partial charge >= 0.3 is 0 Å². The Balaban J connectivity index is 0.776. The molecule has 0 radical (unpaired) electrons. The van der Waals surface area contributed by atoms with Crippen molar-refractivity contribution in [1.82, 2.24) is 0 Å². The van der Waals surface area contributed by atoms with Crippen LogP contribution in [0.3, 0.4) is 0 Å². The zero-order chi connectivity index (χ0) is 81.5. The molecule has 606 valence electrons. The van der Waals surface area contributed by atoms with E-state index in [1.807, 2.05) is 12.2 Å². The first kappa shape index (κ1) is 83.8. The maximum Gasteiger partial charge on any atom is 0.128 e. The fraction of sp³-hybridized carbons (Fsp3) is 0.333. The summed E-state index contributed by atoms with van der Waals surface area (Å²) in [6.07, 6.45) is 39.2. The molecule has 4 nitrogen and oxygen atoms in total. The minimum atomic E-state index is -0.194. The summed E-state index contributed by atoms with van der Waals surface area (Å²) in [5.41, 5.74) is 32.2. The zero-order valence-electron chi connectivity index (χ0n) is 71.9. The van der Waals surface area contributed by atoms with Crippen molar-refractivity contribution in [2.75, 3.05) is 9.80 Å². The van der Waals surface area contributed by atoms with Gasteiger partial charge in [-0.05, 0) is 243 Å². The van der Waals surface area contributed by atoms with E-state index in [9.17, 15) is 0 Å². The summed E-state index contributed by atoms with van der Waals surface area (Å²) in [6.45, 7) is 22.6. The zero-order valence-corrected chi connectivity index (χ0v) is 71.9. The number of benzene rings is 12. The van der Waals surface area contributed by atoms with Crippen molar-refractivity contribution in [2.24, 2.45) is 0 Å². The fourth-order valence-electron chi connectivity index (χ4n) is 19.2. The average molecular weight is 1560 g/mol. The highest BCUT2D eigenvalue weighted by Gasteiger charge is 2.44. The van der Waals surface area contributed by atoms with E-state index in [0.29, 0.717) is 13.2 Å². The van der Waals surface area contributed by atoms with E-state index in [1.165, 1.54) is 228 Å². The van der Waals surface area contributed by atoms with E-state index in [0.717, 1.165) is 97.4 Å². The van der Waals surface area contributed by atoms with Crippen molar-refractivity contribution in [1.29, 1.82) is 0 Å². The highest BCUT2D eigenvalue weighted by molar-refractivity contribution is 5.90. The molecule has 0 bridgehead atoms. The lowest BCUT2D eigenvalue weighted by Crippen LogP contribution is -2.25. The van der Waals surface area contributed by atoms with Crippen LogP contribution in [0.25, 0.3) is 67.8 Å². The third kappa shape index (κ3) is 19.7. The Hall–Kier alpha value is -10.7. The monoisotopic (exact) mass is 1560 g/mol. The van der Waals surface area contributed by atoms with E-state index in [-0.39, 0.29) is 10.8 Å². The number of ether oxygens (including phenoxy) is 2. The van der Waals surface area contributed by atoms with Gasteiger partial charge in [-0.3, -0.25) is 0 Å². The molecule has 12 aromatic carbocycles. The molecular weight excluding hydrogens is 1430 g/mol. The molecule has 118 heavy (non-hydrogen) atoms. The number of nitrogens with zero attached hydrogens (tertiary/aromatic N) is 2. The van der Waals surface area contributed by atoms with Crippen LogP contribution in [-0.4, -0.2) is 0 Å². The highest BCUT2D eigenvalue weighted by atomic mass is 16.5. The maximum atomic E-state index is 6.98. The van der Waals surface area contributed by atoms with Crippen LogP contribution in [0.1, 0.15) is 263 Å². The summed E-state index contributed by atoms with van der Waals surface area (Å²) >= 11 is 0. The molecule has 0 spiro atoms. The Bertz CT molecular complexity index is 5180. The summed E-state index contributed by atoms with van der Waals surface area (Å²) in [4.78, 5) is 4.82. The van der Waals surface area contributed by atoms with Crippen molar-refractivity contribution in [3.05, 3.63) is 336 Å². The van der Waals surface area contributed by atoms with Gasteiger partial charge in [-0.1, -0.05) is 376 Å². The lowest BCUT2D eigenvalue weighted by molar-refractivity contribution is 0.296. The molecule has 0 aromatic heterocycles. The van der Waals surface area contributed by atoms with Gasteiger partial charge in [-0.2, -0.15) is 0 Å². The lowest BCUT2D eigenvalue weighted by Gasteiger charge is -2.33. The Kier molecular flexibility index (Phi) is 29.2. The first-order chi connectivity index (χ1) is 58.0. The molecule has 0 saturated heterocycles. The predicted molar refractivity (Wildman–Crippen MR) is 508 cm³/mol. The van der Waals surface area contributed by atoms with Crippen LogP contribution >= 0.6 is 0 Å². The molecule has 4 heteroatoms. The standard InChI is InChI=1S/C114H128N2O2/c1-9-15-19-23-27-37-73-113(74-38-28-24-20-16-10-2)107-77-85(7)45-69-102(107)103-70-58-93(79-108(103)113)91-54-61-98(62-55-91)115(96-41-33-31-34-42-96)100-65-67-101(68-66-100)116(97-43-35-32-36-44-97)99-63-56-92(57-64-99)94-59-71-104-105-72-60-95(81-110(105)114(109(104)80-94,75-39-29-25-21-17-11-3)76-40-30-26-22-18-12-4)106-82-111(117-83-89-50-46-87(13-5)47-51-89)86(8)78-112(106)118-84-90-52-48-88(14-6)49-53-90/h13-14,31-36,41-72,77-82H,5-6,9-12,15-30,37-40,73-76,83-84H2,1-4,7-8H3. The Morgan fingerprint density at radius 3 is 0.949 bits per heavy atom. The normalized spacial score (nSPS) is 12.7. The van der Waals surface area contributed by atoms with Gasteiger partial charge in [0.2, 0.25) is 0 Å². The van der Waals surface area contributed by atoms with Crippen LogP contribution in [-0.2, 0) is 24.0 Å². The first-order valence-electron chi connectivity index (χ1n) is 45.5. The summed E-state index contributed by atoms with van der Waals surface area (Å²) in [5, 5.41) is 0. The Labute approximate surface area is 709 Å². The molecular formula is C114H128N2O2. The minimum Gasteiger partial charge on any atom is -0.489 e. The predicted octanol–water partition coefficient (Wildman–Crippen LogP) is 34.2. The second-order valence-electron chi connectivity index (χ2n) is 34.1. The number of rotatable bonds is 45. The molecule has 2 aliphatic rings. The number of unbranched alkanes of at least 4 members (excludes halogenated alkanes) is 20. The largest absolute Gasteiger partial charge is 0.489 e. The van der Waals surface area contributed by atoms with Gasteiger partial charge in [0.15, 0.2) is 0 Å². The quantitative estimate of drug-likeness (QED) is 0.0355. The van der Waals surface area contributed by atoms with E-state index < -0.39 is 0 Å². The molecule has 2 aliphatic carbocycles. The van der Waals surface area contributed by atoms with Crippen LogP contribution in [0.2, 0.25) is 0 Å². The topological polar surface area (TPSA) is 24.9 Å². The van der Waals surface area contributed by atoms with Crippen molar-refractivity contribution in [3.63, 3.8) is 0 Å². The average Bonchev–Trinajstić information content (AvgIpc) is 1.57. The number of fused-ring (bicyclic) bond motifs is 6. The van der Waals surface area contributed by atoms with Gasteiger partial charge in [-0.25, -0.2) is 0 Å². The van der Waals surface area contributed by atoms with Crippen LogP contribution in [0.4, 0.5) is 34.1 Å². The molecule has 0 aliphatic heterocycles. The van der Waals surface area contributed by atoms with Crippen LogP contribution in [0.15, 0.2) is 280 Å². The minimum absolute atomic E-state index is 0.0214. The van der Waals surface area contributed by atoms with Gasteiger partial charge < -0.3 is 19.3 Å². The Morgan fingerprint density at radius 2 is 0.576 bits per heavy atom. The van der Waals surface area contributed by atoms with Gasteiger partial charge in [0, 0.05) is 50.5 Å². The first-order valence-corrected chi connectivity index (χ1v) is 45.5. The van der Waals surface area contributed by atoms with Gasteiger partial charge in [0.05, 0.1) is 0 Å². The van der Waals surface area contributed by atoms with Gasteiger partial charge in [0.25, 0.3) is 0 Å². The summed E-state index contributed by atoms with van der Waals surface area (Å²) in [5.74, 6) is 1.71. The van der Waals surface area contributed by atoms with Crippen molar-refractivity contribution < 1.29 is 9.47 Å². The van der Waals surface area contributed by atoms with Crippen molar-refractivity contribution in [3.8, 4) is 67.1 Å². The maximum absolute atomic E-state index is 6.98. The third-order valence-electron chi connectivity index (χ3n) is 25.8. The summed E-state index contributed by atoms with van der Waals surface area (Å²) in [6, 6.07) is 101.